The van der Waals surface area contributed by atoms with E-state index in [0.717, 1.165) is 0 Å². The molecule has 1 heteroatoms. The first-order chi connectivity index (χ1) is 34.3. The van der Waals surface area contributed by atoms with E-state index in [4.69, 9.17) is 0 Å². The highest BCUT2D eigenvalue weighted by atomic mass is 28.3. The summed E-state index contributed by atoms with van der Waals surface area (Å²) in [5.41, 5.74) is 20.4. The van der Waals surface area contributed by atoms with E-state index in [1.165, 1.54) is 131 Å². The Kier molecular flexibility index (Phi) is 9.02. The van der Waals surface area contributed by atoms with Gasteiger partial charge in [0.25, 0.3) is 0 Å². The van der Waals surface area contributed by atoms with E-state index in [9.17, 15) is 0 Å². The van der Waals surface area contributed by atoms with E-state index in [-0.39, 0.29) is 0 Å². The second kappa shape index (κ2) is 15.7. The van der Waals surface area contributed by atoms with Gasteiger partial charge in [0.15, 0.2) is 8.07 Å². The maximum atomic E-state index is 2.66. The Bertz CT molecular complexity index is 3680. The molecule has 2 aliphatic rings. The second-order valence-corrected chi connectivity index (χ2v) is 22.3. The predicted octanol–water partition coefficient (Wildman–Crippen LogP) is 15.3. The molecule has 0 radical (unpaired) electrons. The number of hydrogen-bond acceptors (Lipinski definition) is 0. The Balaban J connectivity index is 1.28. The number of fused-ring (bicyclic) bond motifs is 6. The molecule has 0 saturated carbocycles. The van der Waals surface area contributed by atoms with Crippen LogP contribution in [-0.4, -0.2) is 8.07 Å². The summed E-state index contributed by atoms with van der Waals surface area (Å²) in [6.07, 6.45) is 0. The molecular formula is C68H44Si. The topological polar surface area (TPSA) is 0 Å². The molecule has 12 aromatic carbocycles. The van der Waals surface area contributed by atoms with E-state index < -0.39 is 8.07 Å². The molecule has 0 amide bonds. The Morgan fingerprint density at radius 2 is 0.493 bits per heavy atom. The molecule has 0 N–H and O–H groups in total. The van der Waals surface area contributed by atoms with Crippen LogP contribution in [0.4, 0.5) is 0 Å². The standard InChI is InChI=1S/C68H44Si/c1-7-23-45(24-8-1)57-43-59(63(49-27-11-3-12-28-49)67-55-41-21-33-47-31-19-39-53(61(47)55)65(57)67)69(51-35-15-5-16-36-51,52-37-17-6-18-38-52)60-44-58(46-25-9-2-10-26-46)66-54-40-20-32-48-34-22-42-56(62(48)54)68(66)64(60)50-29-13-4-14-30-50/h1-44H. The molecule has 0 unspecified atom stereocenters. The summed E-state index contributed by atoms with van der Waals surface area (Å²) in [7, 11) is -3.54. The van der Waals surface area contributed by atoms with Gasteiger partial charge in [-0.3, -0.25) is 0 Å². The largest absolute Gasteiger partial charge is 0.180 e. The third kappa shape index (κ3) is 5.81. The van der Waals surface area contributed by atoms with Crippen molar-refractivity contribution in [1.82, 2.24) is 0 Å². The van der Waals surface area contributed by atoms with Crippen molar-refractivity contribution in [3.05, 3.63) is 267 Å². The minimum atomic E-state index is -3.54. The van der Waals surface area contributed by atoms with Gasteiger partial charge in [0.2, 0.25) is 0 Å². The summed E-state index contributed by atoms with van der Waals surface area (Å²) >= 11 is 0. The molecule has 0 bridgehead atoms. The zero-order valence-corrected chi connectivity index (χ0v) is 38.9. The lowest BCUT2D eigenvalue weighted by atomic mass is 9.87. The van der Waals surface area contributed by atoms with Crippen molar-refractivity contribution >= 4 is 50.4 Å². The second-order valence-electron chi connectivity index (χ2n) is 18.6. The van der Waals surface area contributed by atoms with Crippen molar-refractivity contribution < 1.29 is 0 Å². The van der Waals surface area contributed by atoms with Crippen molar-refractivity contribution in [2.75, 3.05) is 0 Å². The summed E-state index contributed by atoms with van der Waals surface area (Å²) in [6, 6.07) is 101. The number of rotatable bonds is 8. The summed E-state index contributed by atoms with van der Waals surface area (Å²) in [5, 5.41) is 10.6. The Hall–Kier alpha value is -8.62. The molecule has 320 valence electrons. The SMILES string of the molecule is c1ccc(-c2cc([Si](c3ccccc3)(c3ccccc3)c3cc(-c4ccccc4)c4c(c3-c3ccccc3)-c3cccc5cccc-4c35)c(-c3ccccc3)c3c2-c2cccc4cccc-3c24)cc1. The summed E-state index contributed by atoms with van der Waals surface area (Å²) in [5.74, 6) is 0. The molecule has 0 saturated heterocycles. The van der Waals surface area contributed by atoms with Gasteiger partial charge in [-0.2, -0.15) is 0 Å². The molecule has 0 spiro atoms. The fourth-order valence-corrected chi connectivity index (χ4v) is 17.6. The van der Waals surface area contributed by atoms with E-state index in [1.54, 1.807) is 0 Å². The van der Waals surface area contributed by atoms with Gasteiger partial charge in [-0.1, -0.05) is 267 Å². The van der Waals surface area contributed by atoms with Crippen molar-refractivity contribution in [1.29, 1.82) is 0 Å². The highest BCUT2D eigenvalue weighted by Gasteiger charge is 2.48. The van der Waals surface area contributed by atoms with Gasteiger partial charge in [-0.25, -0.2) is 0 Å². The lowest BCUT2D eigenvalue weighted by Crippen LogP contribution is -2.75. The molecule has 0 atom stereocenters. The van der Waals surface area contributed by atoms with Crippen LogP contribution in [0.25, 0.3) is 111 Å². The van der Waals surface area contributed by atoms with E-state index >= 15 is 0 Å². The molecule has 14 rings (SSSR count). The minimum Gasteiger partial charge on any atom is -0.0623 e. The molecule has 12 aromatic rings. The zero-order chi connectivity index (χ0) is 45.5. The van der Waals surface area contributed by atoms with Crippen molar-refractivity contribution in [2.24, 2.45) is 0 Å². The monoisotopic (exact) mass is 888 g/mol. The van der Waals surface area contributed by atoms with Crippen molar-refractivity contribution in [2.45, 2.75) is 0 Å². The van der Waals surface area contributed by atoms with Gasteiger partial charge in [0, 0.05) is 0 Å². The average Bonchev–Trinajstić information content (AvgIpc) is 3.95. The van der Waals surface area contributed by atoms with Crippen LogP contribution in [0.2, 0.25) is 0 Å². The average molecular weight is 889 g/mol. The molecule has 69 heavy (non-hydrogen) atoms. The summed E-state index contributed by atoms with van der Waals surface area (Å²) in [4.78, 5) is 0. The first-order valence-electron chi connectivity index (χ1n) is 24.1. The molecule has 0 aromatic heterocycles. The van der Waals surface area contributed by atoms with Gasteiger partial charge >= 0.3 is 0 Å². The Morgan fingerprint density at radius 1 is 0.203 bits per heavy atom. The first-order valence-corrected chi connectivity index (χ1v) is 26.1. The fourth-order valence-electron chi connectivity index (χ4n) is 12.4. The smallest absolute Gasteiger partial charge is 0.0623 e. The first kappa shape index (κ1) is 39.5. The van der Waals surface area contributed by atoms with Crippen LogP contribution in [0.5, 0.6) is 0 Å². The highest BCUT2D eigenvalue weighted by Crippen LogP contribution is 2.57. The third-order valence-corrected chi connectivity index (χ3v) is 19.9. The molecule has 2 aliphatic carbocycles. The van der Waals surface area contributed by atoms with Crippen LogP contribution in [-0.2, 0) is 0 Å². The fraction of sp³-hybridized carbons (Fsp3) is 0. The van der Waals surface area contributed by atoms with E-state index in [0.29, 0.717) is 0 Å². The van der Waals surface area contributed by atoms with Gasteiger partial charge in [-0.05, 0) is 131 Å². The Labute approximate surface area is 404 Å². The minimum absolute atomic E-state index is 1.22. The van der Waals surface area contributed by atoms with Crippen molar-refractivity contribution in [3.8, 4) is 89.0 Å². The van der Waals surface area contributed by atoms with Crippen LogP contribution in [0, 0.1) is 0 Å². The predicted molar refractivity (Wildman–Crippen MR) is 296 cm³/mol. The lowest BCUT2D eigenvalue weighted by molar-refractivity contribution is 1.58. The van der Waals surface area contributed by atoms with Crippen LogP contribution in [0.15, 0.2) is 267 Å². The molecule has 0 heterocycles. The van der Waals surface area contributed by atoms with E-state index in [1.807, 2.05) is 0 Å². The molecule has 0 fully saturated rings. The molecule has 0 nitrogen and oxygen atoms in total. The maximum absolute atomic E-state index is 3.54. The Morgan fingerprint density at radius 3 is 0.826 bits per heavy atom. The number of hydrogen-bond donors (Lipinski definition) is 0. The summed E-state index contributed by atoms with van der Waals surface area (Å²) < 4.78 is 0. The zero-order valence-electron chi connectivity index (χ0n) is 37.9. The van der Waals surface area contributed by atoms with Gasteiger partial charge < -0.3 is 0 Å². The van der Waals surface area contributed by atoms with Crippen LogP contribution in [0.3, 0.4) is 0 Å². The van der Waals surface area contributed by atoms with Crippen LogP contribution in [0.1, 0.15) is 0 Å². The van der Waals surface area contributed by atoms with Crippen molar-refractivity contribution in [3.63, 3.8) is 0 Å². The summed E-state index contributed by atoms with van der Waals surface area (Å²) in [6.45, 7) is 0. The van der Waals surface area contributed by atoms with Gasteiger partial charge in [0.05, 0.1) is 0 Å². The van der Waals surface area contributed by atoms with E-state index in [2.05, 4.69) is 267 Å². The van der Waals surface area contributed by atoms with Gasteiger partial charge in [-0.15, -0.1) is 0 Å². The normalized spacial score (nSPS) is 12.1. The van der Waals surface area contributed by atoms with Crippen LogP contribution < -0.4 is 20.7 Å². The maximum Gasteiger partial charge on any atom is 0.180 e. The molecular weight excluding hydrogens is 845 g/mol. The molecule has 0 aliphatic heterocycles. The highest BCUT2D eigenvalue weighted by molar-refractivity contribution is 7.21. The lowest BCUT2D eigenvalue weighted by Gasteiger charge is -2.40. The van der Waals surface area contributed by atoms with Crippen LogP contribution >= 0.6 is 0 Å². The van der Waals surface area contributed by atoms with Gasteiger partial charge in [0.1, 0.15) is 0 Å². The third-order valence-electron chi connectivity index (χ3n) is 15.1. The number of benzene rings is 12. The quantitative estimate of drug-likeness (QED) is 0.105.